The molecule has 1 aliphatic carbocycles. The number of carbonyl (C=O) groups excluding carboxylic acids is 2. The Morgan fingerprint density at radius 2 is 2.21 bits per heavy atom. The molecule has 14 heavy (non-hydrogen) atoms. The van der Waals surface area contributed by atoms with Gasteiger partial charge in [-0.2, -0.15) is 4.99 Å². The van der Waals surface area contributed by atoms with Crippen LogP contribution in [0.15, 0.2) is 27.2 Å². The molecule has 1 unspecified atom stereocenters. The van der Waals surface area contributed by atoms with Gasteiger partial charge in [-0.3, -0.25) is 0 Å². The van der Waals surface area contributed by atoms with Crippen molar-refractivity contribution in [1.29, 1.82) is 0 Å². The zero-order valence-electron chi connectivity index (χ0n) is 6.66. The highest BCUT2D eigenvalue weighted by atomic mass is 79.9. The molecule has 1 atom stereocenters. The van der Waals surface area contributed by atoms with Crippen molar-refractivity contribution in [2.45, 2.75) is 5.38 Å². The fourth-order valence-corrected chi connectivity index (χ4v) is 2.12. The van der Waals surface area contributed by atoms with E-state index in [1.54, 1.807) is 6.08 Å². The van der Waals surface area contributed by atoms with Crippen LogP contribution in [0.4, 0.5) is 4.79 Å². The van der Waals surface area contributed by atoms with Crippen LogP contribution in [0.1, 0.15) is 0 Å². The number of halogens is 2. The van der Waals surface area contributed by atoms with E-state index < -0.39 is 17.4 Å². The number of nitrogens with zero attached hydrogens (tertiary/aromatic N) is 1. The lowest BCUT2D eigenvalue weighted by molar-refractivity contribution is -0.132. The van der Waals surface area contributed by atoms with Crippen LogP contribution in [0.3, 0.4) is 0 Å². The molecule has 0 fully saturated rings. The number of esters is 1. The standard InChI is InChI=1S/C8H3BrClNO3/c9-3-1-4-6(5(10)2-3)11-8(13)14-7(4)12/h1-2,5H. The van der Waals surface area contributed by atoms with E-state index in [1.807, 2.05) is 0 Å². The topological polar surface area (TPSA) is 55.7 Å². The van der Waals surface area contributed by atoms with Gasteiger partial charge in [0.05, 0.1) is 16.7 Å². The highest BCUT2D eigenvalue weighted by molar-refractivity contribution is 9.11. The van der Waals surface area contributed by atoms with E-state index in [0.717, 1.165) is 0 Å². The molecule has 0 aromatic heterocycles. The Balaban J connectivity index is 2.54. The van der Waals surface area contributed by atoms with Crippen LogP contribution in [0.5, 0.6) is 0 Å². The molecule has 1 aliphatic heterocycles. The molecule has 4 nitrogen and oxygen atoms in total. The van der Waals surface area contributed by atoms with Gasteiger partial charge in [-0.1, -0.05) is 15.9 Å². The molecule has 0 radical (unpaired) electrons. The number of ether oxygens (including phenoxy) is 1. The third-order valence-corrected chi connectivity index (χ3v) is 2.56. The maximum Gasteiger partial charge on any atom is 0.441 e. The fraction of sp³-hybridized carbons (Fsp3) is 0.125. The predicted molar refractivity (Wildman–Crippen MR) is 53.7 cm³/mol. The summed E-state index contributed by atoms with van der Waals surface area (Å²) in [6.45, 7) is 0. The quantitative estimate of drug-likeness (QED) is 0.386. The van der Waals surface area contributed by atoms with Crippen LogP contribution < -0.4 is 0 Å². The number of amides is 1. The van der Waals surface area contributed by atoms with E-state index in [-0.39, 0.29) is 11.3 Å². The minimum Gasteiger partial charge on any atom is -0.371 e. The van der Waals surface area contributed by atoms with E-state index in [4.69, 9.17) is 11.6 Å². The largest absolute Gasteiger partial charge is 0.441 e. The second kappa shape index (κ2) is 3.33. The summed E-state index contributed by atoms with van der Waals surface area (Å²) in [7, 11) is 0. The zero-order valence-corrected chi connectivity index (χ0v) is 9.00. The lowest BCUT2D eigenvalue weighted by Crippen LogP contribution is -2.31. The van der Waals surface area contributed by atoms with Gasteiger partial charge in [0.25, 0.3) is 0 Å². The van der Waals surface area contributed by atoms with Gasteiger partial charge in [0.15, 0.2) is 0 Å². The van der Waals surface area contributed by atoms with E-state index in [9.17, 15) is 9.59 Å². The number of alkyl halides is 1. The monoisotopic (exact) mass is 275 g/mol. The minimum absolute atomic E-state index is 0.221. The summed E-state index contributed by atoms with van der Waals surface area (Å²) in [5.74, 6) is -0.712. The fourth-order valence-electron chi connectivity index (χ4n) is 1.17. The third-order valence-electron chi connectivity index (χ3n) is 1.74. The second-order valence-electron chi connectivity index (χ2n) is 2.66. The van der Waals surface area contributed by atoms with Crippen LogP contribution in [-0.4, -0.2) is 23.2 Å². The van der Waals surface area contributed by atoms with Crippen molar-refractivity contribution in [1.82, 2.24) is 0 Å². The summed E-state index contributed by atoms with van der Waals surface area (Å²) >= 11 is 9.06. The summed E-state index contributed by atoms with van der Waals surface area (Å²) in [5.41, 5.74) is 0.468. The molecule has 0 saturated carbocycles. The first-order chi connectivity index (χ1) is 6.58. The van der Waals surface area contributed by atoms with Crippen LogP contribution in [0.2, 0.25) is 0 Å². The van der Waals surface area contributed by atoms with E-state index in [1.165, 1.54) is 6.08 Å². The summed E-state index contributed by atoms with van der Waals surface area (Å²) in [6.07, 6.45) is 2.24. The van der Waals surface area contributed by atoms with E-state index in [2.05, 4.69) is 25.7 Å². The molecule has 72 valence electrons. The smallest absolute Gasteiger partial charge is 0.371 e. The Bertz CT molecular complexity index is 424. The van der Waals surface area contributed by atoms with Crippen molar-refractivity contribution in [3.8, 4) is 0 Å². The van der Waals surface area contributed by atoms with E-state index >= 15 is 0 Å². The number of aliphatic imine (C=N–C) groups is 1. The highest BCUT2D eigenvalue weighted by Crippen LogP contribution is 2.26. The lowest BCUT2D eigenvalue weighted by Gasteiger charge is -2.19. The van der Waals surface area contributed by atoms with Crippen molar-refractivity contribution in [3.05, 3.63) is 22.2 Å². The molecule has 0 N–H and O–H groups in total. The number of hydrogen-bond acceptors (Lipinski definition) is 3. The van der Waals surface area contributed by atoms with Crippen molar-refractivity contribution in [3.63, 3.8) is 0 Å². The van der Waals surface area contributed by atoms with Gasteiger partial charge in [0.2, 0.25) is 0 Å². The summed E-state index contributed by atoms with van der Waals surface area (Å²) in [5, 5.41) is -0.582. The van der Waals surface area contributed by atoms with Crippen LogP contribution >= 0.6 is 27.5 Å². The van der Waals surface area contributed by atoms with Gasteiger partial charge in [-0.05, 0) is 12.2 Å². The highest BCUT2D eigenvalue weighted by Gasteiger charge is 2.32. The summed E-state index contributed by atoms with van der Waals surface area (Å²) < 4.78 is 4.98. The molecule has 0 bridgehead atoms. The zero-order chi connectivity index (χ0) is 10.3. The first kappa shape index (κ1) is 9.61. The van der Waals surface area contributed by atoms with Crippen LogP contribution in [0, 0.1) is 0 Å². The van der Waals surface area contributed by atoms with Crippen LogP contribution in [-0.2, 0) is 9.53 Å². The lowest BCUT2D eigenvalue weighted by atomic mass is 10.0. The van der Waals surface area contributed by atoms with Gasteiger partial charge in [-0.25, -0.2) is 9.59 Å². The Morgan fingerprint density at radius 3 is 2.93 bits per heavy atom. The maximum atomic E-state index is 11.2. The van der Waals surface area contributed by atoms with E-state index in [0.29, 0.717) is 4.48 Å². The number of hydrogen-bond donors (Lipinski definition) is 0. The average Bonchev–Trinajstić information content (AvgIpc) is 2.07. The molecule has 6 heteroatoms. The summed E-state index contributed by atoms with van der Waals surface area (Å²) in [4.78, 5) is 25.6. The van der Waals surface area contributed by atoms with Crippen molar-refractivity contribution >= 4 is 45.3 Å². The number of carbonyl (C=O) groups is 2. The Labute approximate surface area is 92.4 Å². The molecule has 0 aromatic carbocycles. The predicted octanol–water partition coefficient (Wildman–Crippen LogP) is 1.93. The van der Waals surface area contributed by atoms with Crippen molar-refractivity contribution in [2.24, 2.45) is 4.99 Å². The number of rotatable bonds is 0. The van der Waals surface area contributed by atoms with Gasteiger partial charge < -0.3 is 4.74 Å². The normalized spacial score (nSPS) is 25.9. The SMILES string of the molecule is O=C1N=C2C(=CC(Br)=CC2Cl)C(=O)O1. The van der Waals surface area contributed by atoms with Gasteiger partial charge in [0.1, 0.15) is 0 Å². The van der Waals surface area contributed by atoms with Crippen LogP contribution in [0.25, 0.3) is 0 Å². The van der Waals surface area contributed by atoms with Gasteiger partial charge >= 0.3 is 12.1 Å². The third kappa shape index (κ3) is 1.53. The molecule has 0 aromatic rings. The molecule has 1 amide bonds. The molecule has 2 aliphatic rings. The molecule has 2 rings (SSSR count). The minimum atomic E-state index is -0.917. The Kier molecular flexibility index (Phi) is 2.28. The van der Waals surface area contributed by atoms with Crippen molar-refractivity contribution in [2.75, 3.05) is 0 Å². The number of allylic oxidation sites excluding steroid dienone is 3. The number of fused-ring (bicyclic) bond motifs is 1. The molecule has 0 spiro atoms. The molecule has 0 saturated heterocycles. The Hall–Kier alpha value is -0.940. The Morgan fingerprint density at radius 1 is 1.50 bits per heavy atom. The van der Waals surface area contributed by atoms with Gasteiger partial charge in [0, 0.05) is 4.48 Å². The number of cyclic esters (lactones) is 2. The molecular weight excluding hydrogens is 273 g/mol. The molecule has 1 heterocycles. The van der Waals surface area contributed by atoms with Crippen molar-refractivity contribution < 1.29 is 14.3 Å². The summed E-state index contributed by atoms with van der Waals surface area (Å²) in [6, 6.07) is 0. The van der Waals surface area contributed by atoms with Gasteiger partial charge in [-0.15, -0.1) is 11.6 Å². The average molecular weight is 276 g/mol. The first-order valence-electron chi connectivity index (χ1n) is 3.66. The maximum absolute atomic E-state index is 11.2. The second-order valence-corrected chi connectivity index (χ2v) is 4.05. The first-order valence-corrected chi connectivity index (χ1v) is 4.89. The molecular formula is C8H3BrClNO3.